The zero-order valence-electron chi connectivity index (χ0n) is 8.11. The van der Waals surface area contributed by atoms with Gasteiger partial charge in [-0.1, -0.05) is 23.5 Å². The van der Waals surface area contributed by atoms with Crippen molar-refractivity contribution in [2.24, 2.45) is 0 Å². The van der Waals surface area contributed by atoms with Gasteiger partial charge in [-0.2, -0.15) is 0 Å². The number of para-hydroxylation sites is 1. The van der Waals surface area contributed by atoms with Crippen molar-refractivity contribution in [2.45, 2.75) is 0 Å². The highest BCUT2D eigenvalue weighted by Crippen LogP contribution is 2.34. The zero-order valence-corrected chi connectivity index (χ0v) is 9.74. The molecule has 2 aromatic rings. The van der Waals surface area contributed by atoms with E-state index in [-0.39, 0.29) is 0 Å². The first kappa shape index (κ1) is 10.2. The largest absolute Gasteiger partial charge is 0.496 e. The summed E-state index contributed by atoms with van der Waals surface area (Å²) in [6.45, 7) is 0. The topological polar surface area (TPSA) is 51.0 Å². The smallest absolute Gasteiger partial charge is 0.160 e. The van der Waals surface area contributed by atoms with Crippen LogP contribution >= 0.6 is 23.6 Å². The van der Waals surface area contributed by atoms with E-state index in [9.17, 15) is 0 Å². The van der Waals surface area contributed by atoms with Gasteiger partial charge in [-0.15, -0.1) is 0 Å². The van der Waals surface area contributed by atoms with Crippen molar-refractivity contribution in [1.29, 1.82) is 0 Å². The fourth-order valence-electron chi connectivity index (χ4n) is 1.39. The normalized spacial score (nSPS) is 10.2. The molecular weight excluding hydrogens is 228 g/mol. The maximum atomic E-state index is 5.86. The van der Waals surface area contributed by atoms with Gasteiger partial charge in [0.1, 0.15) is 10.8 Å². The molecule has 0 radical (unpaired) electrons. The number of methoxy groups -OCH3 is 1. The molecule has 0 atom stereocenters. The summed E-state index contributed by atoms with van der Waals surface area (Å²) in [6, 6.07) is 7.69. The summed E-state index contributed by atoms with van der Waals surface area (Å²) in [5.74, 6) is 0.785. The second-order valence-corrected chi connectivity index (χ2v) is 4.67. The second-order valence-electron chi connectivity index (χ2n) is 2.95. The minimum atomic E-state index is 0.674. The van der Waals surface area contributed by atoms with E-state index >= 15 is 0 Å². The lowest BCUT2D eigenvalue weighted by Gasteiger charge is -2.06. The summed E-state index contributed by atoms with van der Waals surface area (Å²) in [6.07, 6.45) is 0. The lowest BCUT2D eigenvalue weighted by molar-refractivity contribution is 0.416. The van der Waals surface area contributed by atoms with Gasteiger partial charge in [0.15, 0.2) is 3.95 Å². The Morgan fingerprint density at radius 1 is 1.40 bits per heavy atom. The lowest BCUT2D eigenvalue weighted by Crippen LogP contribution is -1.90. The third-order valence-electron chi connectivity index (χ3n) is 2.05. The van der Waals surface area contributed by atoms with Crippen LogP contribution in [0.25, 0.3) is 11.3 Å². The monoisotopic (exact) mass is 238 g/mol. The molecular formula is C10H10N2OS2. The van der Waals surface area contributed by atoms with Gasteiger partial charge >= 0.3 is 0 Å². The number of aromatic amines is 1. The minimum absolute atomic E-state index is 0.674. The highest BCUT2D eigenvalue weighted by Gasteiger charge is 2.10. The van der Waals surface area contributed by atoms with Crippen LogP contribution in [0.1, 0.15) is 0 Å². The molecule has 15 heavy (non-hydrogen) atoms. The van der Waals surface area contributed by atoms with Crippen LogP contribution in [0.4, 0.5) is 5.00 Å². The molecule has 0 aliphatic heterocycles. The molecule has 1 aromatic carbocycles. The lowest BCUT2D eigenvalue weighted by atomic mass is 10.1. The molecule has 0 aliphatic carbocycles. The van der Waals surface area contributed by atoms with Gasteiger partial charge in [-0.25, -0.2) is 0 Å². The number of benzene rings is 1. The highest BCUT2D eigenvalue weighted by molar-refractivity contribution is 7.73. The van der Waals surface area contributed by atoms with Gasteiger partial charge in [0.25, 0.3) is 0 Å². The van der Waals surface area contributed by atoms with Crippen LogP contribution in [0.2, 0.25) is 0 Å². The fraction of sp³-hybridized carbons (Fsp3) is 0.100. The van der Waals surface area contributed by atoms with Gasteiger partial charge in [0.2, 0.25) is 0 Å². The van der Waals surface area contributed by atoms with Crippen LogP contribution in [0, 0.1) is 3.95 Å². The summed E-state index contributed by atoms with van der Waals surface area (Å²) >= 11 is 6.41. The van der Waals surface area contributed by atoms with Crippen LogP contribution in [0.5, 0.6) is 5.75 Å². The van der Waals surface area contributed by atoms with Crippen LogP contribution in [-0.4, -0.2) is 12.1 Å². The molecule has 78 valence electrons. The van der Waals surface area contributed by atoms with Crippen molar-refractivity contribution < 1.29 is 4.74 Å². The Kier molecular flexibility index (Phi) is 2.75. The number of nitrogens with two attached hydrogens (primary N) is 1. The van der Waals surface area contributed by atoms with Gasteiger partial charge in [0, 0.05) is 5.56 Å². The Morgan fingerprint density at radius 2 is 2.13 bits per heavy atom. The van der Waals surface area contributed by atoms with Crippen molar-refractivity contribution in [2.75, 3.05) is 12.8 Å². The number of hydrogen-bond donors (Lipinski definition) is 2. The molecule has 0 bridgehead atoms. The third kappa shape index (κ3) is 1.88. The number of anilines is 1. The highest BCUT2D eigenvalue weighted by atomic mass is 32.1. The first-order chi connectivity index (χ1) is 7.22. The van der Waals surface area contributed by atoms with Crippen molar-refractivity contribution in [3.8, 4) is 17.0 Å². The van der Waals surface area contributed by atoms with Gasteiger partial charge in [-0.05, 0) is 24.4 Å². The Bertz CT molecular complexity index is 530. The first-order valence-electron chi connectivity index (χ1n) is 4.34. The van der Waals surface area contributed by atoms with E-state index in [2.05, 4.69) is 4.98 Å². The molecule has 0 amide bonds. The Hall–Kier alpha value is -1.33. The average molecular weight is 238 g/mol. The molecule has 3 nitrogen and oxygen atoms in total. The van der Waals surface area contributed by atoms with Crippen molar-refractivity contribution in [3.05, 3.63) is 28.2 Å². The van der Waals surface area contributed by atoms with Gasteiger partial charge in [-0.3, -0.25) is 0 Å². The summed E-state index contributed by atoms with van der Waals surface area (Å²) < 4.78 is 5.93. The molecule has 0 unspecified atom stereocenters. The van der Waals surface area contributed by atoms with E-state index in [4.69, 9.17) is 22.7 Å². The summed E-state index contributed by atoms with van der Waals surface area (Å²) in [5.41, 5.74) is 7.63. The minimum Gasteiger partial charge on any atom is -0.496 e. The molecule has 1 heterocycles. The molecule has 0 saturated heterocycles. The average Bonchev–Trinajstić information content (AvgIpc) is 2.57. The molecule has 3 N–H and O–H groups in total. The van der Waals surface area contributed by atoms with Gasteiger partial charge in [0.05, 0.1) is 12.8 Å². The number of nitrogens with one attached hydrogen (secondary N) is 1. The van der Waals surface area contributed by atoms with Gasteiger partial charge < -0.3 is 15.5 Å². The van der Waals surface area contributed by atoms with E-state index in [0.29, 0.717) is 8.96 Å². The predicted octanol–water partition coefficient (Wildman–Crippen LogP) is 3.06. The molecule has 0 spiro atoms. The number of rotatable bonds is 2. The predicted molar refractivity (Wildman–Crippen MR) is 65.9 cm³/mol. The fourth-order valence-corrected chi connectivity index (χ4v) is 2.38. The number of ether oxygens (including phenoxy) is 1. The SMILES string of the molecule is COc1ccccc1-c1[nH]c(=S)sc1N. The standard InChI is InChI=1S/C10H10N2OS2/c1-13-7-5-3-2-4-6(7)8-9(11)15-10(14)12-8/h2-5H,11H2,1H3,(H,12,14). The molecule has 5 heteroatoms. The molecule has 0 aliphatic rings. The second kappa shape index (κ2) is 4.04. The van der Waals surface area contributed by atoms with E-state index in [1.807, 2.05) is 24.3 Å². The Balaban J connectivity index is 2.63. The third-order valence-corrected chi connectivity index (χ3v) is 3.12. The van der Waals surface area contributed by atoms with E-state index in [1.165, 1.54) is 11.3 Å². The van der Waals surface area contributed by atoms with Crippen LogP contribution in [0.3, 0.4) is 0 Å². The molecule has 0 fully saturated rings. The summed E-state index contributed by atoms with van der Waals surface area (Å²) in [7, 11) is 1.63. The molecule has 1 aromatic heterocycles. The first-order valence-corrected chi connectivity index (χ1v) is 5.57. The van der Waals surface area contributed by atoms with Crippen molar-refractivity contribution in [1.82, 2.24) is 4.98 Å². The summed E-state index contributed by atoms with van der Waals surface area (Å²) in [5, 5.41) is 0.685. The maximum Gasteiger partial charge on any atom is 0.160 e. The number of H-pyrrole nitrogens is 1. The number of nitrogen functional groups attached to an aromatic ring is 1. The maximum absolute atomic E-state index is 5.86. The zero-order chi connectivity index (χ0) is 10.8. The van der Waals surface area contributed by atoms with Crippen LogP contribution in [-0.2, 0) is 0 Å². The van der Waals surface area contributed by atoms with Crippen LogP contribution < -0.4 is 10.5 Å². The number of aromatic nitrogens is 1. The van der Waals surface area contributed by atoms with E-state index in [1.54, 1.807) is 7.11 Å². The molecule has 0 saturated carbocycles. The van der Waals surface area contributed by atoms with Crippen molar-refractivity contribution >= 4 is 28.6 Å². The Labute approximate surface area is 96.5 Å². The van der Waals surface area contributed by atoms with E-state index in [0.717, 1.165) is 17.0 Å². The Morgan fingerprint density at radius 3 is 2.73 bits per heavy atom. The number of hydrogen-bond acceptors (Lipinski definition) is 4. The van der Waals surface area contributed by atoms with E-state index < -0.39 is 0 Å². The quantitative estimate of drug-likeness (QED) is 0.791. The van der Waals surface area contributed by atoms with Crippen molar-refractivity contribution in [3.63, 3.8) is 0 Å². The van der Waals surface area contributed by atoms with Crippen LogP contribution in [0.15, 0.2) is 24.3 Å². The summed E-state index contributed by atoms with van der Waals surface area (Å²) in [4.78, 5) is 3.06. The number of thiazole rings is 1. The molecule has 2 rings (SSSR count).